The highest BCUT2D eigenvalue weighted by Crippen LogP contribution is 2.45. The van der Waals surface area contributed by atoms with Crippen molar-refractivity contribution in [1.29, 1.82) is 0 Å². The Morgan fingerprint density at radius 1 is 1.07 bits per heavy atom. The number of amides is 1. The van der Waals surface area contributed by atoms with Crippen LogP contribution < -0.4 is 10.4 Å². The SMILES string of the molecule is CC(C)CC(C=O)NC(=O)C1=CCC(c2cccc(Cl)c2)N(S(=O)c2ccc(Br)cc2)C1c1cccc(Cl)c1.CNP. The molecular weight excluding hydrogens is 676 g/mol. The fourth-order valence-electron chi connectivity index (χ4n) is 4.78. The summed E-state index contributed by atoms with van der Waals surface area (Å²) in [6.07, 6.45) is 3.57. The van der Waals surface area contributed by atoms with Crippen LogP contribution in [0.5, 0.6) is 0 Å². The molecule has 5 unspecified atom stereocenters. The highest BCUT2D eigenvalue weighted by molar-refractivity contribution is 9.10. The summed E-state index contributed by atoms with van der Waals surface area (Å²) in [5.41, 5.74) is 2.01. The maximum Gasteiger partial charge on any atom is 0.249 e. The van der Waals surface area contributed by atoms with Gasteiger partial charge in [-0.15, -0.1) is 0 Å². The Morgan fingerprint density at radius 2 is 1.64 bits per heavy atom. The lowest BCUT2D eigenvalue weighted by molar-refractivity contribution is -0.121. The van der Waals surface area contributed by atoms with Crippen LogP contribution in [0.2, 0.25) is 10.0 Å². The van der Waals surface area contributed by atoms with Gasteiger partial charge in [-0.3, -0.25) is 4.79 Å². The van der Waals surface area contributed by atoms with Gasteiger partial charge in [-0.1, -0.05) is 92.7 Å². The van der Waals surface area contributed by atoms with Crippen LogP contribution in [0, 0.1) is 5.92 Å². The van der Waals surface area contributed by atoms with Gasteiger partial charge in [0.05, 0.1) is 23.0 Å². The summed E-state index contributed by atoms with van der Waals surface area (Å²) in [7, 11) is 2.49. The van der Waals surface area contributed by atoms with Gasteiger partial charge in [0, 0.05) is 20.1 Å². The van der Waals surface area contributed by atoms with Gasteiger partial charge in [-0.2, -0.15) is 0 Å². The van der Waals surface area contributed by atoms with E-state index in [-0.39, 0.29) is 17.9 Å². The van der Waals surface area contributed by atoms with Crippen LogP contribution in [-0.4, -0.2) is 33.8 Å². The molecule has 0 saturated heterocycles. The number of carbonyl (C=O) groups excluding carboxylic acids is 2. The molecule has 11 heteroatoms. The lowest BCUT2D eigenvalue weighted by Crippen LogP contribution is -2.44. The van der Waals surface area contributed by atoms with E-state index in [1.54, 1.807) is 30.3 Å². The first-order valence-corrected chi connectivity index (χ1v) is 16.6. The fourth-order valence-corrected chi connectivity index (χ4v) is 6.92. The van der Waals surface area contributed by atoms with E-state index in [1.807, 2.05) is 73.7 Å². The quantitative estimate of drug-likeness (QED) is 0.177. The molecule has 6 nitrogen and oxygen atoms in total. The van der Waals surface area contributed by atoms with Gasteiger partial charge in [-0.25, -0.2) is 8.51 Å². The standard InChI is InChI=1S/C30H29BrCl2N2O3S.CH6NP/c1-19(2)15-25(18-36)34-30(37)27-13-14-28(20-5-3-7-23(32)16-20)35(29(27)21-6-4-8-24(33)17-21)39(38)26-11-9-22(31)10-12-26;1-2-3/h3-13,16-19,25,28-29H,14-15H2,1-2H3,(H,34,37);2H,3H2,1H3. The minimum Gasteiger partial charge on any atom is -0.343 e. The zero-order chi connectivity index (χ0) is 30.8. The molecule has 3 aromatic rings. The number of aldehydes is 1. The molecule has 224 valence electrons. The highest BCUT2D eigenvalue weighted by atomic mass is 79.9. The third kappa shape index (κ3) is 9.30. The summed E-state index contributed by atoms with van der Waals surface area (Å²) in [5, 5.41) is 6.62. The third-order valence-corrected chi connectivity index (χ3v) is 9.01. The van der Waals surface area contributed by atoms with Crippen LogP contribution in [0.1, 0.15) is 49.9 Å². The van der Waals surface area contributed by atoms with Crippen molar-refractivity contribution in [1.82, 2.24) is 14.7 Å². The zero-order valence-electron chi connectivity index (χ0n) is 23.6. The monoisotopic (exact) mass is 709 g/mol. The molecule has 1 aliphatic heterocycles. The molecule has 0 radical (unpaired) electrons. The van der Waals surface area contributed by atoms with E-state index in [0.717, 1.165) is 16.3 Å². The Hall–Kier alpha value is -1.90. The molecule has 0 spiro atoms. The number of nitrogens with one attached hydrogen (secondary N) is 2. The van der Waals surface area contributed by atoms with Gasteiger partial charge in [0.15, 0.2) is 0 Å². The van der Waals surface area contributed by atoms with Crippen molar-refractivity contribution in [2.45, 2.75) is 49.7 Å². The first-order valence-electron chi connectivity index (χ1n) is 13.4. The molecule has 1 aliphatic rings. The van der Waals surface area contributed by atoms with Crippen molar-refractivity contribution in [3.63, 3.8) is 0 Å². The lowest BCUT2D eigenvalue weighted by Gasteiger charge is -2.41. The first-order chi connectivity index (χ1) is 20.1. The van der Waals surface area contributed by atoms with E-state index in [2.05, 4.69) is 35.7 Å². The number of carbonyl (C=O) groups is 2. The summed E-state index contributed by atoms with van der Waals surface area (Å²) in [4.78, 5) is 26.1. The average Bonchev–Trinajstić information content (AvgIpc) is 2.96. The zero-order valence-corrected chi connectivity index (χ0v) is 28.7. The summed E-state index contributed by atoms with van der Waals surface area (Å²) in [5.74, 6) is -0.154. The van der Waals surface area contributed by atoms with E-state index < -0.39 is 23.1 Å². The lowest BCUT2D eigenvalue weighted by atomic mass is 9.88. The van der Waals surface area contributed by atoms with E-state index in [1.165, 1.54) is 0 Å². The van der Waals surface area contributed by atoms with Crippen molar-refractivity contribution in [2.75, 3.05) is 7.05 Å². The molecule has 4 rings (SSSR count). The summed E-state index contributed by atoms with van der Waals surface area (Å²) in [6.45, 7) is 3.99. The molecule has 3 aromatic carbocycles. The Morgan fingerprint density at radius 3 is 2.19 bits per heavy atom. The number of rotatable bonds is 9. The predicted molar refractivity (Wildman–Crippen MR) is 180 cm³/mol. The second-order valence-electron chi connectivity index (χ2n) is 10.1. The molecular formula is C31H35BrCl2N3O3PS. The van der Waals surface area contributed by atoms with Crippen LogP contribution in [0.15, 0.2) is 93.8 Å². The van der Waals surface area contributed by atoms with E-state index in [4.69, 9.17) is 23.2 Å². The van der Waals surface area contributed by atoms with Crippen molar-refractivity contribution in [3.05, 3.63) is 110 Å². The molecule has 5 atom stereocenters. The molecule has 1 amide bonds. The van der Waals surface area contributed by atoms with Crippen molar-refractivity contribution in [3.8, 4) is 0 Å². The van der Waals surface area contributed by atoms with Crippen molar-refractivity contribution >= 4 is 71.7 Å². The van der Waals surface area contributed by atoms with Gasteiger partial charge in [0.2, 0.25) is 5.91 Å². The van der Waals surface area contributed by atoms with Crippen LogP contribution in [0.3, 0.4) is 0 Å². The maximum atomic E-state index is 14.4. The fraction of sp³-hybridized carbons (Fsp3) is 0.290. The van der Waals surface area contributed by atoms with E-state index >= 15 is 0 Å². The predicted octanol–water partition coefficient (Wildman–Crippen LogP) is 7.62. The number of halogens is 3. The second kappa shape index (κ2) is 16.8. The molecule has 0 aliphatic carbocycles. The molecule has 0 fully saturated rings. The van der Waals surface area contributed by atoms with E-state index in [9.17, 15) is 13.8 Å². The normalized spacial score (nSPS) is 18.3. The highest BCUT2D eigenvalue weighted by Gasteiger charge is 2.41. The van der Waals surface area contributed by atoms with Crippen LogP contribution in [-0.2, 0) is 20.6 Å². The number of benzene rings is 3. The second-order valence-corrected chi connectivity index (χ2v) is 13.9. The van der Waals surface area contributed by atoms with Gasteiger partial charge in [0.1, 0.15) is 17.3 Å². The minimum atomic E-state index is -1.68. The molecule has 1 heterocycles. The summed E-state index contributed by atoms with van der Waals surface area (Å²) >= 11 is 16.2. The Bertz CT molecular complexity index is 1420. The topological polar surface area (TPSA) is 78.5 Å². The molecule has 42 heavy (non-hydrogen) atoms. The van der Waals surface area contributed by atoms with Gasteiger partial charge >= 0.3 is 0 Å². The van der Waals surface area contributed by atoms with Gasteiger partial charge < -0.3 is 15.2 Å². The van der Waals surface area contributed by atoms with Crippen LogP contribution in [0.25, 0.3) is 0 Å². The van der Waals surface area contributed by atoms with E-state index in [0.29, 0.717) is 38.9 Å². The summed E-state index contributed by atoms with van der Waals surface area (Å²) in [6, 6.07) is 20.3. The van der Waals surface area contributed by atoms with Gasteiger partial charge in [0.25, 0.3) is 0 Å². The smallest absolute Gasteiger partial charge is 0.249 e. The van der Waals surface area contributed by atoms with Gasteiger partial charge in [-0.05, 0) is 85.5 Å². The van der Waals surface area contributed by atoms with Crippen molar-refractivity contribution in [2.24, 2.45) is 5.92 Å². The molecule has 2 N–H and O–H groups in total. The Labute approximate surface area is 271 Å². The number of nitrogens with zero attached hydrogens (tertiary/aromatic N) is 1. The molecule has 0 aromatic heterocycles. The van der Waals surface area contributed by atoms with Crippen molar-refractivity contribution < 1.29 is 13.8 Å². The number of hydrogen-bond acceptors (Lipinski definition) is 4. The third-order valence-electron chi connectivity index (χ3n) is 6.49. The Balaban J connectivity index is 0.00000155. The minimum absolute atomic E-state index is 0.221. The molecule has 0 saturated carbocycles. The number of hydrogen-bond donors (Lipinski definition) is 2. The first kappa shape index (κ1) is 34.6. The Kier molecular flexibility index (Phi) is 13.8. The van der Waals surface area contributed by atoms with Crippen LogP contribution >= 0.6 is 48.5 Å². The largest absolute Gasteiger partial charge is 0.343 e. The average molecular weight is 711 g/mol. The van der Waals surface area contributed by atoms with Crippen LogP contribution in [0.4, 0.5) is 0 Å². The molecule has 0 bridgehead atoms. The summed E-state index contributed by atoms with van der Waals surface area (Å²) < 4.78 is 17.1. The maximum absolute atomic E-state index is 14.4.